The van der Waals surface area contributed by atoms with Crippen LogP contribution in [0, 0.1) is 0 Å². The molecule has 2 aliphatic heterocycles. The van der Waals surface area contributed by atoms with E-state index in [4.69, 9.17) is 4.74 Å². The standard InChI is InChI=1S/C11H20N2O2.ClH/c1-15-5-4-11(14)13-10-6-8-2-3-9(7-10)12-8;/h8-10,12H,2-7H2,1H3,(H,13,14);1H. The molecule has 0 aromatic heterocycles. The normalized spacial score (nSPS) is 31.9. The number of hydrogen-bond donors (Lipinski definition) is 2. The van der Waals surface area contributed by atoms with Crippen LogP contribution in [0.1, 0.15) is 32.1 Å². The smallest absolute Gasteiger partial charge is 0.222 e. The Balaban J connectivity index is 0.00000128. The molecule has 2 N–H and O–H groups in total. The highest BCUT2D eigenvalue weighted by molar-refractivity contribution is 5.85. The van der Waals surface area contributed by atoms with Gasteiger partial charge < -0.3 is 15.4 Å². The van der Waals surface area contributed by atoms with Crippen molar-refractivity contribution in [3.63, 3.8) is 0 Å². The third-order valence-corrected chi connectivity index (χ3v) is 3.37. The summed E-state index contributed by atoms with van der Waals surface area (Å²) < 4.78 is 4.88. The lowest BCUT2D eigenvalue weighted by atomic mass is 10.00. The summed E-state index contributed by atoms with van der Waals surface area (Å²) in [6, 6.07) is 1.65. The van der Waals surface area contributed by atoms with E-state index in [1.165, 1.54) is 12.8 Å². The van der Waals surface area contributed by atoms with Crippen molar-refractivity contribution in [2.45, 2.75) is 50.2 Å². The average Bonchev–Trinajstić information content (AvgIpc) is 2.55. The van der Waals surface area contributed by atoms with E-state index in [1.807, 2.05) is 0 Å². The van der Waals surface area contributed by atoms with E-state index < -0.39 is 0 Å². The van der Waals surface area contributed by atoms with E-state index in [2.05, 4.69) is 10.6 Å². The predicted molar refractivity (Wildman–Crippen MR) is 64.9 cm³/mol. The molecule has 2 fully saturated rings. The van der Waals surface area contributed by atoms with Gasteiger partial charge >= 0.3 is 0 Å². The van der Waals surface area contributed by atoms with Gasteiger partial charge in [0.15, 0.2) is 0 Å². The molecule has 2 unspecified atom stereocenters. The molecule has 2 aliphatic rings. The van der Waals surface area contributed by atoms with Gasteiger partial charge in [0.05, 0.1) is 6.61 Å². The Labute approximate surface area is 103 Å². The van der Waals surface area contributed by atoms with Gasteiger partial charge in [-0.3, -0.25) is 4.79 Å². The molecular formula is C11H21ClN2O2. The first kappa shape index (κ1) is 13.7. The SMILES string of the molecule is COCCC(=O)NC1CC2CCC(C1)N2.Cl. The summed E-state index contributed by atoms with van der Waals surface area (Å²) in [5, 5.41) is 6.66. The van der Waals surface area contributed by atoms with Crippen LogP contribution in [-0.2, 0) is 9.53 Å². The molecule has 2 heterocycles. The molecule has 0 radical (unpaired) electrons. The molecule has 0 aliphatic carbocycles. The van der Waals surface area contributed by atoms with Crippen LogP contribution in [0.3, 0.4) is 0 Å². The number of methoxy groups -OCH3 is 1. The molecule has 2 rings (SSSR count). The van der Waals surface area contributed by atoms with Gasteiger partial charge in [-0.25, -0.2) is 0 Å². The van der Waals surface area contributed by atoms with Crippen molar-refractivity contribution in [3.05, 3.63) is 0 Å². The topological polar surface area (TPSA) is 50.4 Å². The van der Waals surface area contributed by atoms with Crippen LogP contribution in [0.25, 0.3) is 0 Å². The van der Waals surface area contributed by atoms with Crippen molar-refractivity contribution in [2.24, 2.45) is 0 Å². The Morgan fingerprint density at radius 1 is 1.38 bits per heavy atom. The highest BCUT2D eigenvalue weighted by Gasteiger charge is 2.33. The minimum atomic E-state index is 0. The maximum Gasteiger partial charge on any atom is 0.222 e. The summed E-state index contributed by atoms with van der Waals surface area (Å²) in [4.78, 5) is 11.5. The van der Waals surface area contributed by atoms with Gasteiger partial charge in [0, 0.05) is 31.7 Å². The van der Waals surface area contributed by atoms with Crippen molar-refractivity contribution in [1.82, 2.24) is 10.6 Å². The Hall–Kier alpha value is -0.320. The molecule has 2 atom stereocenters. The first-order valence-corrected chi connectivity index (χ1v) is 5.82. The highest BCUT2D eigenvalue weighted by Crippen LogP contribution is 2.26. The third-order valence-electron chi connectivity index (χ3n) is 3.37. The molecular weight excluding hydrogens is 228 g/mol. The molecule has 2 saturated heterocycles. The fraction of sp³-hybridized carbons (Fsp3) is 0.909. The zero-order valence-corrected chi connectivity index (χ0v) is 10.5. The van der Waals surface area contributed by atoms with Crippen LogP contribution in [0.5, 0.6) is 0 Å². The van der Waals surface area contributed by atoms with E-state index >= 15 is 0 Å². The summed E-state index contributed by atoms with van der Waals surface area (Å²) in [5.74, 6) is 0.128. The van der Waals surface area contributed by atoms with Gasteiger partial charge in [-0.15, -0.1) is 12.4 Å². The average molecular weight is 249 g/mol. The molecule has 0 aromatic carbocycles. The lowest BCUT2D eigenvalue weighted by molar-refractivity contribution is -0.122. The van der Waals surface area contributed by atoms with Crippen LogP contribution in [0.2, 0.25) is 0 Å². The number of hydrogen-bond acceptors (Lipinski definition) is 3. The van der Waals surface area contributed by atoms with Crippen LogP contribution in [-0.4, -0.2) is 37.7 Å². The fourth-order valence-electron chi connectivity index (χ4n) is 2.67. The molecule has 4 nitrogen and oxygen atoms in total. The van der Waals surface area contributed by atoms with Gasteiger partial charge in [0.1, 0.15) is 0 Å². The van der Waals surface area contributed by atoms with Crippen molar-refractivity contribution in [2.75, 3.05) is 13.7 Å². The third kappa shape index (κ3) is 3.61. The number of ether oxygens (including phenoxy) is 1. The first-order valence-electron chi connectivity index (χ1n) is 5.82. The Kier molecular flexibility index (Phi) is 5.52. The molecule has 2 bridgehead atoms. The van der Waals surface area contributed by atoms with Crippen molar-refractivity contribution in [1.29, 1.82) is 0 Å². The number of fused-ring (bicyclic) bond motifs is 2. The zero-order valence-electron chi connectivity index (χ0n) is 9.70. The molecule has 1 amide bonds. The Morgan fingerprint density at radius 3 is 2.56 bits per heavy atom. The summed E-state index contributed by atoms with van der Waals surface area (Å²) in [6.45, 7) is 0.518. The molecule has 5 heteroatoms. The van der Waals surface area contributed by atoms with Gasteiger partial charge in [0.2, 0.25) is 5.91 Å². The van der Waals surface area contributed by atoms with Gasteiger partial charge in [-0.05, 0) is 25.7 Å². The minimum absolute atomic E-state index is 0. The minimum Gasteiger partial charge on any atom is -0.384 e. The summed E-state index contributed by atoms with van der Waals surface area (Å²) in [5.41, 5.74) is 0. The van der Waals surface area contributed by atoms with Crippen LogP contribution in [0.15, 0.2) is 0 Å². The van der Waals surface area contributed by atoms with Crippen molar-refractivity contribution < 1.29 is 9.53 Å². The van der Waals surface area contributed by atoms with Gasteiger partial charge in [0.25, 0.3) is 0 Å². The van der Waals surface area contributed by atoms with E-state index in [-0.39, 0.29) is 18.3 Å². The number of amides is 1. The number of halogens is 1. The number of rotatable bonds is 4. The maximum absolute atomic E-state index is 11.5. The monoisotopic (exact) mass is 248 g/mol. The van der Waals surface area contributed by atoms with Crippen LogP contribution < -0.4 is 10.6 Å². The van der Waals surface area contributed by atoms with Crippen molar-refractivity contribution in [3.8, 4) is 0 Å². The number of piperidine rings is 1. The molecule has 16 heavy (non-hydrogen) atoms. The molecule has 94 valence electrons. The van der Waals surface area contributed by atoms with E-state index in [9.17, 15) is 4.79 Å². The predicted octanol–water partition coefficient (Wildman–Crippen LogP) is 0.844. The second kappa shape index (κ2) is 6.42. The second-order valence-corrected chi connectivity index (χ2v) is 4.62. The molecule has 0 saturated carbocycles. The molecule has 0 spiro atoms. The van der Waals surface area contributed by atoms with Crippen molar-refractivity contribution >= 4 is 18.3 Å². The number of carbonyl (C=O) groups excluding carboxylic acids is 1. The van der Waals surface area contributed by atoms with E-state index in [0.29, 0.717) is 31.2 Å². The quantitative estimate of drug-likeness (QED) is 0.776. The summed E-state index contributed by atoms with van der Waals surface area (Å²) in [7, 11) is 1.62. The zero-order chi connectivity index (χ0) is 10.7. The lowest BCUT2D eigenvalue weighted by Crippen LogP contribution is -2.48. The Bertz CT molecular complexity index is 226. The highest BCUT2D eigenvalue weighted by atomic mass is 35.5. The second-order valence-electron chi connectivity index (χ2n) is 4.62. The van der Waals surface area contributed by atoms with E-state index in [1.54, 1.807) is 7.11 Å². The molecule has 0 aromatic rings. The van der Waals surface area contributed by atoms with Crippen LogP contribution in [0.4, 0.5) is 0 Å². The Morgan fingerprint density at radius 2 is 2.00 bits per heavy atom. The summed E-state index contributed by atoms with van der Waals surface area (Å²) >= 11 is 0. The number of carbonyl (C=O) groups is 1. The van der Waals surface area contributed by atoms with Crippen LogP contribution >= 0.6 is 12.4 Å². The first-order chi connectivity index (χ1) is 7.28. The maximum atomic E-state index is 11.5. The van der Waals surface area contributed by atoms with E-state index in [0.717, 1.165) is 12.8 Å². The van der Waals surface area contributed by atoms with Gasteiger partial charge in [-0.1, -0.05) is 0 Å². The summed E-state index contributed by atoms with van der Waals surface area (Å²) in [6.07, 6.45) is 5.21. The lowest BCUT2D eigenvalue weighted by Gasteiger charge is -2.29. The largest absolute Gasteiger partial charge is 0.384 e. The van der Waals surface area contributed by atoms with Gasteiger partial charge in [-0.2, -0.15) is 0 Å². The number of nitrogens with one attached hydrogen (secondary N) is 2. The fourth-order valence-corrected chi connectivity index (χ4v) is 2.67.